The van der Waals surface area contributed by atoms with Crippen LogP contribution in [-0.4, -0.2) is 49.7 Å². The Balaban J connectivity index is 3.52. The lowest BCUT2D eigenvalue weighted by molar-refractivity contribution is 0.305. The Morgan fingerprint density at radius 2 is 1.94 bits per heavy atom. The van der Waals surface area contributed by atoms with Crippen LogP contribution >= 0.6 is 0 Å². The van der Waals surface area contributed by atoms with Crippen molar-refractivity contribution in [1.82, 2.24) is 10.2 Å². The molecule has 0 fully saturated rings. The maximum atomic E-state index is 8.63. The average molecular weight is 244 g/mol. The molecule has 0 aromatic rings. The van der Waals surface area contributed by atoms with Crippen molar-refractivity contribution in [3.05, 3.63) is 0 Å². The summed E-state index contributed by atoms with van der Waals surface area (Å²) < 4.78 is 0. The highest BCUT2D eigenvalue weighted by Gasteiger charge is 2.22. The third-order valence-electron chi connectivity index (χ3n) is 2.94. The van der Waals surface area contributed by atoms with Crippen LogP contribution in [0.4, 0.5) is 0 Å². The molecule has 5 heteroatoms. The highest BCUT2D eigenvalue weighted by molar-refractivity contribution is 5.85. The van der Waals surface area contributed by atoms with E-state index >= 15 is 0 Å². The number of unbranched alkanes of at least 4 members (excludes halogenated alkanes) is 1. The van der Waals surface area contributed by atoms with E-state index in [1.54, 1.807) is 0 Å². The van der Waals surface area contributed by atoms with Gasteiger partial charge in [-0.05, 0) is 53.0 Å². The molecule has 0 saturated heterocycles. The van der Waals surface area contributed by atoms with E-state index in [1.165, 1.54) is 12.8 Å². The smallest absolute Gasteiger partial charge is 0.144 e. The molecule has 0 spiro atoms. The standard InChI is InChI=1S/C12H28N4O/c1-12(2,11(13)15-17)7-9-14-8-5-6-10-16(3)4/h14,17H,5-10H2,1-4H3,(H2,13,15). The molecule has 0 rings (SSSR count). The summed E-state index contributed by atoms with van der Waals surface area (Å²) in [5.74, 6) is 0.298. The van der Waals surface area contributed by atoms with Gasteiger partial charge in [-0.15, -0.1) is 0 Å². The van der Waals surface area contributed by atoms with E-state index in [9.17, 15) is 0 Å². The van der Waals surface area contributed by atoms with E-state index in [0.717, 1.165) is 26.1 Å². The summed E-state index contributed by atoms with van der Waals surface area (Å²) in [7, 11) is 4.18. The number of nitrogens with zero attached hydrogens (tertiary/aromatic N) is 2. The number of hydrogen-bond donors (Lipinski definition) is 3. The summed E-state index contributed by atoms with van der Waals surface area (Å²) in [5.41, 5.74) is 5.37. The molecule has 17 heavy (non-hydrogen) atoms. The van der Waals surface area contributed by atoms with Gasteiger partial charge in [-0.3, -0.25) is 0 Å². The Morgan fingerprint density at radius 1 is 1.29 bits per heavy atom. The van der Waals surface area contributed by atoms with Crippen LogP contribution in [0.15, 0.2) is 5.16 Å². The average Bonchev–Trinajstić information content (AvgIpc) is 2.26. The summed E-state index contributed by atoms with van der Waals surface area (Å²) in [6.07, 6.45) is 3.27. The van der Waals surface area contributed by atoms with E-state index in [4.69, 9.17) is 10.9 Å². The first kappa shape index (κ1) is 16.2. The van der Waals surface area contributed by atoms with Gasteiger partial charge < -0.3 is 21.2 Å². The first-order valence-electron chi connectivity index (χ1n) is 6.23. The van der Waals surface area contributed by atoms with Crippen molar-refractivity contribution in [3.8, 4) is 0 Å². The van der Waals surface area contributed by atoms with Crippen LogP contribution in [0, 0.1) is 5.41 Å². The van der Waals surface area contributed by atoms with Crippen molar-refractivity contribution in [3.63, 3.8) is 0 Å². The molecule has 4 N–H and O–H groups in total. The quantitative estimate of drug-likeness (QED) is 0.186. The molecule has 102 valence electrons. The molecule has 0 unspecified atom stereocenters. The molecule has 0 aliphatic heterocycles. The van der Waals surface area contributed by atoms with Crippen molar-refractivity contribution in [2.24, 2.45) is 16.3 Å². The van der Waals surface area contributed by atoms with E-state index in [2.05, 4.69) is 29.5 Å². The van der Waals surface area contributed by atoms with E-state index < -0.39 is 0 Å². The monoisotopic (exact) mass is 244 g/mol. The summed E-state index contributed by atoms with van der Waals surface area (Å²) >= 11 is 0. The zero-order valence-electron chi connectivity index (χ0n) is 11.7. The van der Waals surface area contributed by atoms with Gasteiger partial charge in [-0.2, -0.15) is 0 Å². The molecule has 0 aliphatic carbocycles. The number of amidine groups is 1. The third kappa shape index (κ3) is 7.99. The summed E-state index contributed by atoms with van der Waals surface area (Å²) in [5, 5.41) is 15.1. The van der Waals surface area contributed by atoms with E-state index in [1.807, 2.05) is 13.8 Å². The second-order valence-electron chi connectivity index (χ2n) is 5.38. The number of nitrogens with one attached hydrogen (secondary N) is 1. The zero-order valence-corrected chi connectivity index (χ0v) is 11.7. The predicted octanol–water partition coefficient (Wildman–Crippen LogP) is 1.08. The first-order chi connectivity index (χ1) is 7.90. The van der Waals surface area contributed by atoms with Gasteiger partial charge in [0, 0.05) is 5.41 Å². The SMILES string of the molecule is CN(C)CCCCNCCC(C)(C)C(N)=NO. The minimum absolute atomic E-state index is 0.245. The molecule has 0 aromatic heterocycles. The van der Waals surface area contributed by atoms with Gasteiger partial charge in [-0.25, -0.2) is 0 Å². The van der Waals surface area contributed by atoms with Crippen LogP contribution in [0.1, 0.15) is 33.1 Å². The Hall–Kier alpha value is -0.810. The molecule has 0 bridgehead atoms. The van der Waals surface area contributed by atoms with Crippen molar-refractivity contribution in [2.45, 2.75) is 33.1 Å². The molecule has 0 heterocycles. The molecular formula is C12H28N4O. The number of nitrogens with two attached hydrogens (primary N) is 1. The van der Waals surface area contributed by atoms with Gasteiger partial charge in [0.05, 0.1) is 0 Å². The highest BCUT2D eigenvalue weighted by atomic mass is 16.4. The van der Waals surface area contributed by atoms with Gasteiger partial charge >= 0.3 is 0 Å². The third-order valence-corrected chi connectivity index (χ3v) is 2.94. The Labute approximate surface area is 105 Å². The lowest BCUT2D eigenvalue weighted by Gasteiger charge is -2.22. The van der Waals surface area contributed by atoms with Crippen LogP contribution in [0.3, 0.4) is 0 Å². The Morgan fingerprint density at radius 3 is 2.47 bits per heavy atom. The largest absolute Gasteiger partial charge is 0.409 e. The Bertz CT molecular complexity index is 227. The maximum Gasteiger partial charge on any atom is 0.144 e. The molecule has 0 atom stereocenters. The predicted molar refractivity (Wildman–Crippen MR) is 72.5 cm³/mol. The molecule has 0 amide bonds. The van der Waals surface area contributed by atoms with Crippen molar-refractivity contribution in [1.29, 1.82) is 0 Å². The maximum absolute atomic E-state index is 8.63. The Kier molecular flexibility index (Phi) is 7.91. The normalized spacial score (nSPS) is 13.4. The fourth-order valence-corrected chi connectivity index (χ4v) is 1.47. The number of rotatable bonds is 9. The molecule has 0 radical (unpaired) electrons. The van der Waals surface area contributed by atoms with Gasteiger partial charge in [0.25, 0.3) is 0 Å². The summed E-state index contributed by atoms with van der Waals surface area (Å²) in [6, 6.07) is 0. The van der Waals surface area contributed by atoms with Gasteiger partial charge in [0.1, 0.15) is 5.84 Å². The lowest BCUT2D eigenvalue weighted by Crippen LogP contribution is -2.35. The van der Waals surface area contributed by atoms with Crippen molar-refractivity contribution >= 4 is 5.84 Å². The van der Waals surface area contributed by atoms with Crippen LogP contribution in [0.25, 0.3) is 0 Å². The molecule has 0 aliphatic rings. The van der Waals surface area contributed by atoms with Gasteiger partial charge in [0.15, 0.2) is 0 Å². The first-order valence-corrected chi connectivity index (χ1v) is 6.23. The number of oxime groups is 1. The van der Waals surface area contributed by atoms with Gasteiger partial charge in [-0.1, -0.05) is 19.0 Å². The van der Waals surface area contributed by atoms with E-state index in [-0.39, 0.29) is 5.41 Å². The molecular weight excluding hydrogens is 216 g/mol. The number of hydrogen-bond acceptors (Lipinski definition) is 4. The summed E-state index contributed by atoms with van der Waals surface area (Å²) in [4.78, 5) is 2.20. The minimum Gasteiger partial charge on any atom is -0.409 e. The van der Waals surface area contributed by atoms with E-state index in [0.29, 0.717) is 5.84 Å². The fraction of sp³-hybridized carbons (Fsp3) is 0.917. The summed E-state index contributed by atoms with van der Waals surface area (Å²) in [6.45, 7) is 7.02. The van der Waals surface area contributed by atoms with Crippen LogP contribution in [0.5, 0.6) is 0 Å². The molecule has 5 nitrogen and oxygen atoms in total. The topological polar surface area (TPSA) is 73.9 Å². The fourth-order valence-electron chi connectivity index (χ4n) is 1.47. The molecule has 0 saturated carbocycles. The minimum atomic E-state index is -0.245. The van der Waals surface area contributed by atoms with Crippen molar-refractivity contribution in [2.75, 3.05) is 33.7 Å². The van der Waals surface area contributed by atoms with Gasteiger partial charge in [0.2, 0.25) is 0 Å². The van der Waals surface area contributed by atoms with Crippen LogP contribution in [0.2, 0.25) is 0 Å². The highest BCUT2D eigenvalue weighted by Crippen LogP contribution is 2.19. The van der Waals surface area contributed by atoms with Crippen LogP contribution < -0.4 is 11.1 Å². The lowest BCUT2D eigenvalue weighted by atomic mass is 9.88. The van der Waals surface area contributed by atoms with Crippen molar-refractivity contribution < 1.29 is 5.21 Å². The molecule has 0 aromatic carbocycles. The second-order valence-corrected chi connectivity index (χ2v) is 5.38. The zero-order chi connectivity index (χ0) is 13.3. The second kappa shape index (κ2) is 8.31. The van der Waals surface area contributed by atoms with Crippen LogP contribution in [-0.2, 0) is 0 Å².